The largest absolute Gasteiger partial charge is 0.463 e. The molecule has 0 aliphatic heterocycles. The van der Waals surface area contributed by atoms with Crippen LogP contribution in [0.2, 0.25) is 0 Å². The van der Waals surface area contributed by atoms with Crippen molar-refractivity contribution < 1.29 is 14.3 Å². The first-order valence-electron chi connectivity index (χ1n) is 5.85. The molecule has 4 heteroatoms. The molecule has 0 saturated carbocycles. The maximum absolute atomic E-state index is 10.8. The number of carbonyl (C=O) groups is 1. The number of nitrogens with one attached hydrogen (secondary N) is 1. The van der Waals surface area contributed by atoms with Crippen molar-refractivity contribution in [1.82, 2.24) is 0 Å². The lowest BCUT2D eigenvalue weighted by Gasteiger charge is -2.07. The zero-order valence-corrected chi connectivity index (χ0v) is 10.1. The molecule has 0 saturated heterocycles. The first kappa shape index (κ1) is 13.5. The number of hydrogen-bond acceptors (Lipinski definition) is 4. The Kier molecular flexibility index (Phi) is 6.82. The Morgan fingerprint density at radius 3 is 2.65 bits per heavy atom. The maximum atomic E-state index is 10.8. The van der Waals surface area contributed by atoms with Gasteiger partial charge in [-0.3, -0.25) is 4.79 Å². The molecule has 0 aliphatic rings. The Labute approximate surface area is 102 Å². The van der Waals surface area contributed by atoms with Gasteiger partial charge in [-0.15, -0.1) is 0 Å². The molecule has 0 atom stereocenters. The van der Waals surface area contributed by atoms with E-state index in [0.717, 1.165) is 12.2 Å². The van der Waals surface area contributed by atoms with E-state index < -0.39 is 0 Å². The van der Waals surface area contributed by atoms with Crippen LogP contribution in [0.25, 0.3) is 0 Å². The van der Waals surface area contributed by atoms with E-state index in [1.807, 2.05) is 30.3 Å². The molecule has 4 nitrogen and oxygen atoms in total. The van der Waals surface area contributed by atoms with Crippen molar-refractivity contribution in [3.05, 3.63) is 30.3 Å². The van der Waals surface area contributed by atoms with E-state index in [1.165, 1.54) is 0 Å². The van der Waals surface area contributed by atoms with Crippen molar-refractivity contribution in [2.45, 2.75) is 13.3 Å². The molecule has 0 aromatic heterocycles. The summed E-state index contributed by atoms with van der Waals surface area (Å²) in [6.07, 6.45) is 0.412. The summed E-state index contributed by atoms with van der Waals surface area (Å²) in [7, 11) is 0. The number of hydrogen-bond donors (Lipinski definition) is 1. The van der Waals surface area contributed by atoms with E-state index in [9.17, 15) is 4.79 Å². The second-order valence-electron chi connectivity index (χ2n) is 3.48. The Morgan fingerprint density at radius 1 is 1.18 bits per heavy atom. The van der Waals surface area contributed by atoms with Gasteiger partial charge in [0.1, 0.15) is 6.61 Å². The van der Waals surface area contributed by atoms with Crippen LogP contribution in [0.4, 0.5) is 5.69 Å². The smallest absolute Gasteiger partial charge is 0.305 e. The van der Waals surface area contributed by atoms with E-state index in [0.29, 0.717) is 26.2 Å². The summed E-state index contributed by atoms with van der Waals surface area (Å²) in [6.45, 7) is 3.89. The maximum Gasteiger partial charge on any atom is 0.305 e. The van der Waals surface area contributed by atoms with Gasteiger partial charge in [0.05, 0.1) is 13.2 Å². The van der Waals surface area contributed by atoms with Crippen LogP contribution in [0.3, 0.4) is 0 Å². The minimum atomic E-state index is -0.184. The Bertz CT molecular complexity index is 314. The van der Waals surface area contributed by atoms with Gasteiger partial charge in [0.15, 0.2) is 0 Å². The number of ether oxygens (including phenoxy) is 2. The average Bonchev–Trinajstić information content (AvgIpc) is 2.38. The van der Waals surface area contributed by atoms with E-state index in [-0.39, 0.29) is 5.97 Å². The highest BCUT2D eigenvalue weighted by Gasteiger charge is 1.97. The third-order valence-electron chi connectivity index (χ3n) is 2.13. The van der Waals surface area contributed by atoms with Crippen LogP contribution in [0.1, 0.15) is 13.3 Å². The van der Waals surface area contributed by atoms with Gasteiger partial charge in [-0.05, 0) is 12.1 Å². The molecule has 0 heterocycles. The van der Waals surface area contributed by atoms with Crippen LogP contribution in [0.15, 0.2) is 30.3 Å². The summed E-state index contributed by atoms with van der Waals surface area (Å²) in [5.41, 5.74) is 1.08. The minimum Gasteiger partial charge on any atom is -0.463 e. The molecule has 1 N–H and O–H groups in total. The summed E-state index contributed by atoms with van der Waals surface area (Å²) in [6, 6.07) is 9.94. The molecular formula is C13H19NO3. The summed E-state index contributed by atoms with van der Waals surface area (Å²) in [5, 5.41) is 3.22. The van der Waals surface area contributed by atoms with Gasteiger partial charge in [0.2, 0.25) is 0 Å². The summed E-state index contributed by atoms with van der Waals surface area (Å²) in [5.74, 6) is -0.184. The first-order valence-corrected chi connectivity index (χ1v) is 5.85. The predicted octanol–water partition coefficient (Wildman–Crippen LogP) is 2.07. The van der Waals surface area contributed by atoms with Crippen LogP contribution in [0, 0.1) is 0 Å². The second kappa shape index (κ2) is 8.58. The molecule has 1 rings (SSSR count). The summed E-state index contributed by atoms with van der Waals surface area (Å²) in [4.78, 5) is 10.8. The van der Waals surface area contributed by atoms with Gasteiger partial charge >= 0.3 is 5.97 Å². The quantitative estimate of drug-likeness (QED) is 0.555. The van der Waals surface area contributed by atoms with Crippen molar-refractivity contribution in [2.75, 3.05) is 31.7 Å². The highest BCUT2D eigenvalue weighted by atomic mass is 16.6. The molecule has 0 amide bonds. The van der Waals surface area contributed by atoms with Crippen LogP contribution in [-0.2, 0) is 14.3 Å². The monoisotopic (exact) mass is 237 g/mol. The number of esters is 1. The van der Waals surface area contributed by atoms with Crippen molar-refractivity contribution in [1.29, 1.82) is 0 Å². The standard InChI is InChI=1S/C13H19NO3/c1-2-13(15)17-11-10-16-9-8-14-12-6-4-3-5-7-12/h3-7,14H,2,8-11H2,1H3. The van der Waals surface area contributed by atoms with Gasteiger partial charge in [-0.1, -0.05) is 25.1 Å². The zero-order chi connectivity index (χ0) is 12.3. The predicted molar refractivity (Wildman–Crippen MR) is 67.0 cm³/mol. The average molecular weight is 237 g/mol. The van der Waals surface area contributed by atoms with Crippen LogP contribution in [-0.4, -0.2) is 32.3 Å². The van der Waals surface area contributed by atoms with E-state index in [4.69, 9.17) is 9.47 Å². The number of benzene rings is 1. The fourth-order valence-corrected chi connectivity index (χ4v) is 1.24. The molecule has 0 radical (unpaired) electrons. The van der Waals surface area contributed by atoms with E-state index in [1.54, 1.807) is 6.92 Å². The SMILES string of the molecule is CCC(=O)OCCOCCNc1ccccc1. The lowest BCUT2D eigenvalue weighted by atomic mass is 10.3. The molecular weight excluding hydrogens is 218 g/mol. The number of rotatable bonds is 8. The Morgan fingerprint density at radius 2 is 1.94 bits per heavy atom. The van der Waals surface area contributed by atoms with Crippen LogP contribution < -0.4 is 5.32 Å². The first-order chi connectivity index (χ1) is 8.33. The minimum absolute atomic E-state index is 0.184. The van der Waals surface area contributed by atoms with Gasteiger partial charge in [0.25, 0.3) is 0 Å². The fraction of sp³-hybridized carbons (Fsp3) is 0.462. The highest BCUT2D eigenvalue weighted by molar-refractivity contribution is 5.68. The molecule has 0 bridgehead atoms. The highest BCUT2D eigenvalue weighted by Crippen LogP contribution is 2.03. The molecule has 1 aromatic carbocycles. The summed E-state index contributed by atoms with van der Waals surface area (Å²) >= 11 is 0. The molecule has 1 aromatic rings. The fourth-order valence-electron chi connectivity index (χ4n) is 1.24. The second-order valence-corrected chi connectivity index (χ2v) is 3.48. The van der Waals surface area contributed by atoms with Crippen molar-refractivity contribution in [3.8, 4) is 0 Å². The summed E-state index contributed by atoms with van der Waals surface area (Å²) < 4.78 is 10.2. The van der Waals surface area contributed by atoms with Crippen molar-refractivity contribution >= 4 is 11.7 Å². The van der Waals surface area contributed by atoms with Gasteiger partial charge in [0, 0.05) is 18.7 Å². The van der Waals surface area contributed by atoms with Gasteiger partial charge in [-0.25, -0.2) is 0 Å². The number of anilines is 1. The molecule has 0 fully saturated rings. The lowest BCUT2D eigenvalue weighted by molar-refractivity contribution is -0.144. The third kappa shape index (κ3) is 6.58. The number of para-hydroxylation sites is 1. The van der Waals surface area contributed by atoms with E-state index >= 15 is 0 Å². The zero-order valence-electron chi connectivity index (χ0n) is 10.1. The Balaban J connectivity index is 1.93. The van der Waals surface area contributed by atoms with Crippen LogP contribution in [0.5, 0.6) is 0 Å². The van der Waals surface area contributed by atoms with Crippen molar-refractivity contribution in [2.24, 2.45) is 0 Å². The molecule has 0 spiro atoms. The van der Waals surface area contributed by atoms with Crippen molar-refractivity contribution in [3.63, 3.8) is 0 Å². The Hall–Kier alpha value is -1.55. The topological polar surface area (TPSA) is 47.6 Å². The molecule has 94 valence electrons. The normalized spacial score (nSPS) is 9.94. The molecule has 0 aliphatic carbocycles. The van der Waals surface area contributed by atoms with Gasteiger partial charge in [-0.2, -0.15) is 0 Å². The third-order valence-corrected chi connectivity index (χ3v) is 2.13. The lowest BCUT2D eigenvalue weighted by Crippen LogP contribution is -2.14. The number of carbonyl (C=O) groups excluding carboxylic acids is 1. The molecule has 0 unspecified atom stereocenters. The van der Waals surface area contributed by atoms with E-state index in [2.05, 4.69) is 5.32 Å². The van der Waals surface area contributed by atoms with Gasteiger partial charge < -0.3 is 14.8 Å². The molecule has 17 heavy (non-hydrogen) atoms. The van der Waals surface area contributed by atoms with Crippen LogP contribution >= 0.6 is 0 Å².